The van der Waals surface area contributed by atoms with Crippen molar-refractivity contribution in [3.63, 3.8) is 0 Å². The smallest absolute Gasteiger partial charge is 0.238 e. The summed E-state index contributed by atoms with van der Waals surface area (Å²) in [7, 11) is 0. The standard InChI is InChI=1S/C19H19N5O2/c1-2-24-17-8-7-14(9-15(17)16(10-20)19(24)22)26-13-5-3-12(4-6-13)23-18(25)11-21/h3-9H,2,11,21-22H2,1H3,(H,23,25). The summed E-state index contributed by atoms with van der Waals surface area (Å²) in [6.07, 6.45) is 0. The predicted molar refractivity (Wildman–Crippen MR) is 101 cm³/mol. The summed E-state index contributed by atoms with van der Waals surface area (Å²) in [6, 6.07) is 14.6. The van der Waals surface area contributed by atoms with Gasteiger partial charge in [-0.1, -0.05) is 0 Å². The van der Waals surface area contributed by atoms with Crippen LogP contribution in [0.5, 0.6) is 11.5 Å². The van der Waals surface area contributed by atoms with Gasteiger partial charge in [0.05, 0.1) is 12.1 Å². The van der Waals surface area contributed by atoms with Gasteiger partial charge in [0.15, 0.2) is 0 Å². The maximum atomic E-state index is 11.3. The lowest BCUT2D eigenvalue weighted by molar-refractivity contribution is -0.114. The number of ether oxygens (including phenoxy) is 1. The molecule has 0 unspecified atom stereocenters. The molecule has 7 nitrogen and oxygen atoms in total. The molecule has 132 valence electrons. The third-order valence-corrected chi connectivity index (χ3v) is 4.06. The second-order valence-electron chi connectivity index (χ2n) is 5.67. The van der Waals surface area contributed by atoms with Gasteiger partial charge >= 0.3 is 0 Å². The Morgan fingerprint density at radius 1 is 1.23 bits per heavy atom. The van der Waals surface area contributed by atoms with E-state index in [0.717, 1.165) is 10.9 Å². The van der Waals surface area contributed by atoms with Gasteiger partial charge in [-0.05, 0) is 49.4 Å². The highest BCUT2D eigenvalue weighted by molar-refractivity contribution is 5.93. The van der Waals surface area contributed by atoms with E-state index in [1.165, 1.54) is 0 Å². The minimum absolute atomic E-state index is 0.0694. The molecule has 0 bridgehead atoms. The van der Waals surface area contributed by atoms with E-state index in [0.29, 0.717) is 35.1 Å². The zero-order chi connectivity index (χ0) is 18.7. The lowest BCUT2D eigenvalue weighted by Crippen LogP contribution is -2.21. The minimum Gasteiger partial charge on any atom is -0.457 e. The van der Waals surface area contributed by atoms with Crippen LogP contribution in [0.1, 0.15) is 12.5 Å². The minimum atomic E-state index is -0.258. The van der Waals surface area contributed by atoms with E-state index in [-0.39, 0.29) is 12.5 Å². The van der Waals surface area contributed by atoms with Gasteiger partial charge in [-0.15, -0.1) is 0 Å². The van der Waals surface area contributed by atoms with Crippen LogP contribution in [0.15, 0.2) is 42.5 Å². The number of rotatable bonds is 5. The van der Waals surface area contributed by atoms with Gasteiger partial charge in [0.1, 0.15) is 28.9 Å². The van der Waals surface area contributed by atoms with E-state index >= 15 is 0 Å². The first kappa shape index (κ1) is 17.3. The molecule has 3 rings (SSSR count). The van der Waals surface area contributed by atoms with Gasteiger partial charge in [-0.2, -0.15) is 5.26 Å². The molecule has 0 radical (unpaired) electrons. The molecule has 0 aliphatic heterocycles. The molecule has 1 amide bonds. The first-order valence-electron chi connectivity index (χ1n) is 8.17. The first-order valence-corrected chi connectivity index (χ1v) is 8.17. The second kappa shape index (κ2) is 7.17. The Morgan fingerprint density at radius 3 is 2.54 bits per heavy atom. The van der Waals surface area contributed by atoms with Crippen LogP contribution in [-0.2, 0) is 11.3 Å². The van der Waals surface area contributed by atoms with Crippen LogP contribution in [-0.4, -0.2) is 17.0 Å². The average molecular weight is 349 g/mol. The Bertz CT molecular complexity index is 999. The highest BCUT2D eigenvalue weighted by Gasteiger charge is 2.14. The van der Waals surface area contributed by atoms with Crippen LogP contribution in [0.2, 0.25) is 0 Å². The van der Waals surface area contributed by atoms with E-state index in [2.05, 4.69) is 11.4 Å². The van der Waals surface area contributed by atoms with Gasteiger partial charge in [-0.25, -0.2) is 0 Å². The number of nitrogens with zero attached hydrogens (tertiary/aromatic N) is 2. The lowest BCUT2D eigenvalue weighted by Gasteiger charge is -2.08. The van der Waals surface area contributed by atoms with Crippen molar-refractivity contribution < 1.29 is 9.53 Å². The molecule has 0 saturated carbocycles. The number of benzene rings is 2. The number of aryl methyl sites for hydroxylation is 1. The molecule has 2 aromatic carbocycles. The molecule has 0 fully saturated rings. The molecule has 0 spiro atoms. The van der Waals surface area contributed by atoms with Gasteiger partial charge < -0.3 is 26.1 Å². The largest absolute Gasteiger partial charge is 0.457 e. The molecule has 0 aliphatic rings. The van der Waals surface area contributed by atoms with Crippen molar-refractivity contribution in [2.24, 2.45) is 5.73 Å². The van der Waals surface area contributed by atoms with Crippen molar-refractivity contribution in [3.05, 3.63) is 48.0 Å². The Balaban J connectivity index is 1.87. The number of aromatic nitrogens is 1. The number of nitrogens with one attached hydrogen (secondary N) is 1. The summed E-state index contributed by atoms with van der Waals surface area (Å²) in [5, 5.41) is 12.8. The highest BCUT2D eigenvalue weighted by Crippen LogP contribution is 2.32. The number of nitriles is 1. The van der Waals surface area contributed by atoms with E-state index in [1.54, 1.807) is 30.3 Å². The van der Waals surface area contributed by atoms with Crippen LogP contribution in [0.25, 0.3) is 10.9 Å². The molecule has 26 heavy (non-hydrogen) atoms. The van der Waals surface area contributed by atoms with Crippen molar-refractivity contribution >= 4 is 28.3 Å². The molecule has 0 saturated heterocycles. The Kier molecular flexibility index (Phi) is 4.78. The summed E-state index contributed by atoms with van der Waals surface area (Å²) in [6.45, 7) is 2.59. The molecule has 0 atom stereocenters. The number of nitrogen functional groups attached to an aromatic ring is 1. The van der Waals surface area contributed by atoms with Gasteiger partial charge in [0.2, 0.25) is 5.91 Å². The Morgan fingerprint density at radius 2 is 1.92 bits per heavy atom. The summed E-state index contributed by atoms with van der Waals surface area (Å²) in [5.41, 5.74) is 13.3. The maximum absolute atomic E-state index is 11.3. The zero-order valence-electron chi connectivity index (χ0n) is 14.3. The van der Waals surface area contributed by atoms with Crippen LogP contribution in [0.4, 0.5) is 11.5 Å². The number of nitrogens with two attached hydrogens (primary N) is 2. The number of amides is 1. The van der Waals surface area contributed by atoms with Gasteiger partial charge in [0, 0.05) is 17.6 Å². The summed E-state index contributed by atoms with van der Waals surface area (Å²) in [5.74, 6) is 1.41. The molecule has 0 aliphatic carbocycles. The predicted octanol–water partition coefficient (Wildman–Crippen LogP) is 2.80. The normalized spacial score (nSPS) is 10.5. The fraction of sp³-hybridized carbons (Fsp3) is 0.158. The number of carbonyl (C=O) groups excluding carboxylic acids is 1. The Labute approximate surface area is 150 Å². The number of hydrogen-bond acceptors (Lipinski definition) is 5. The van der Waals surface area contributed by atoms with Gasteiger partial charge in [-0.3, -0.25) is 4.79 Å². The summed E-state index contributed by atoms with van der Waals surface area (Å²) >= 11 is 0. The van der Waals surface area contributed by atoms with Crippen molar-refractivity contribution in [2.75, 3.05) is 17.6 Å². The molecule has 1 aromatic heterocycles. The first-order chi connectivity index (χ1) is 12.6. The van der Waals surface area contributed by atoms with Crippen LogP contribution >= 0.6 is 0 Å². The Hall–Kier alpha value is -3.50. The fourth-order valence-electron chi connectivity index (χ4n) is 2.83. The van der Waals surface area contributed by atoms with Crippen LogP contribution < -0.4 is 21.5 Å². The second-order valence-corrected chi connectivity index (χ2v) is 5.67. The van der Waals surface area contributed by atoms with Crippen molar-refractivity contribution in [1.82, 2.24) is 4.57 Å². The monoisotopic (exact) mass is 349 g/mol. The molecule has 7 heteroatoms. The van der Waals surface area contributed by atoms with Crippen LogP contribution in [0.3, 0.4) is 0 Å². The van der Waals surface area contributed by atoms with Crippen molar-refractivity contribution in [3.8, 4) is 17.6 Å². The van der Waals surface area contributed by atoms with E-state index in [1.807, 2.05) is 23.6 Å². The fourth-order valence-corrected chi connectivity index (χ4v) is 2.83. The summed E-state index contributed by atoms with van der Waals surface area (Å²) in [4.78, 5) is 11.3. The van der Waals surface area contributed by atoms with Crippen LogP contribution in [0, 0.1) is 11.3 Å². The molecule has 3 aromatic rings. The van der Waals surface area contributed by atoms with Gasteiger partial charge in [0.25, 0.3) is 0 Å². The summed E-state index contributed by atoms with van der Waals surface area (Å²) < 4.78 is 7.75. The lowest BCUT2D eigenvalue weighted by atomic mass is 10.1. The quantitative estimate of drug-likeness (QED) is 0.654. The average Bonchev–Trinajstić information content (AvgIpc) is 2.93. The topological polar surface area (TPSA) is 119 Å². The zero-order valence-corrected chi connectivity index (χ0v) is 14.3. The van der Waals surface area contributed by atoms with Crippen molar-refractivity contribution in [1.29, 1.82) is 5.26 Å². The number of anilines is 2. The maximum Gasteiger partial charge on any atom is 0.238 e. The third kappa shape index (κ3) is 3.18. The van der Waals surface area contributed by atoms with E-state index in [4.69, 9.17) is 16.2 Å². The number of carbonyl (C=O) groups is 1. The third-order valence-electron chi connectivity index (χ3n) is 4.06. The van der Waals surface area contributed by atoms with E-state index < -0.39 is 0 Å². The molecular weight excluding hydrogens is 330 g/mol. The number of hydrogen-bond donors (Lipinski definition) is 3. The molecule has 1 heterocycles. The SMILES string of the molecule is CCn1c(N)c(C#N)c2cc(Oc3ccc(NC(=O)CN)cc3)ccc21. The highest BCUT2D eigenvalue weighted by atomic mass is 16.5. The number of fused-ring (bicyclic) bond motifs is 1. The van der Waals surface area contributed by atoms with E-state index in [9.17, 15) is 10.1 Å². The molecular formula is C19H19N5O2. The van der Waals surface area contributed by atoms with Crippen molar-refractivity contribution in [2.45, 2.75) is 13.5 Å². The molecule has 5 N–H and O–H groups in total.